The van der Waals surface area contributed by atoms with Crippen LogP contribution in [0.5, 0.6) is 17.2 Å². The normalized spacial score (nSPS) is 10.4. The maximum atomic E-state index is 12.5. The molecule has 0 aliphatic heterocycles. The monoisotopic (exact) mass is 339 g/mol. The lowest BCUT2D eigenvalue weighted by molar-refractivity contribution is -0.144. The van der Waals surface area contributed by atoms with E-state index in [4.69, 9.17) is 19.3 Å². The summed E-state index contributed by atoms with van der Waals surface area (Å²) >= 11 is 0. The van der Waals surface area contributed by atoms with Gasteiger partial charge in [0.15, 0.2) is 11.5 Å². The van der Waals surface area contributed by atoms with E-state index in [1.165, 1.54) is 26.2 Å². The van der Waals surface area contributed by atoms with Crippen molar-refractivity contribution >= 4 is 11.9 Å². The Hall–Kier alpha value is -2.44. The molecule has 0 unspecified atom stereocenters. The molecule has 0 radical (unpaired) electrons. The zero-order valence-corrected chi connectivity index (χ0v) is 14.8. The molecular weight excluding hydrogens is 314 g/mol. The zero-order valence-electron chi connectivity index (χ0n) is 14.8. The van der Waals surface area contributed by atoms with Gasteiger partial charge in [0.05, 0.1) is 27.8 Å². The van der Waals surface area contributed by atoms with Gasteiger partial charge in [-0.1, -0.05) is 13.8 Å². The van der Waals surface area contributed by atoms with Crippen LogP contribution in [0.25, 0.3) is 0 Å². The first kappa shape index (κ1) is 19.6. The predicted molar refractivity (Wildman–Crippen MR) is 88.9 cm³/mol. The number of rotatable bonds is 9. The van der Waals surface area contributed by atoms with E-state index in [0.29, 0.717) is 29.4 Å². The third kappa shape index (κ3) is 5.33. The van der Waals surface area contributed by atoms with Gasteiger partial charge >= 0.3 is 5.97 Å². The first-order chi connectivity index (χ1) is 11.3. The number of hydrogen-bond donors (Lipinski definition) is 1. The molecule has 1 rings (SSSR count). The van der Waals surface area contributed by atoms with Crippen LogP contribution in [0.2, 0.25) is 0 Å². The van der Waals surface area contributed by atoms with Crippen molar-refractivity contribution in [3.63, 3.8) is 0 Å². The molecule has 0 bridgehead atoms. The van der Waals surface area contributed by atoms with Gasteiger partial charge in [-0.2, -0.15) is 0 Å². The van der Waals surface area contributed by atoms with E-state index in [2.05, 4.69) is 0 Å². The number of methoxy groups -OCH3 is 3. The molecule has 0 spiro atoms. The number of ether oxygens (including phenoxy) is 3. The van der Waals surface area contributed by atoms with Crippen LogP contribution in [0.3, 0.4) is 0 Å². The molecule has 0 saturated carbocycles. The Morgan fingerprint density at radius 3 is 2.00 bits per heavy atom. The first-order valence-corrected chi connectivity index (χ1v) is 7.60. The number of carboxylic acid groups (broad SMARTS) is 1. The summed E-state index contributed by atoms with van der Waals surface area (Å²) in [5.41, 5.74) is 0.661. The second-order valence-electron chi connectivity index (χ2n) is 5.77. The van der Waals surface area contributed by atoms with Crippen LogP contribution in [-0.4, -0.2) is 56.3 Å². The molecule has 0 saturated heterocycles. The van der Waals surface area contributed by atoms with E-state index < -0.39 is 5.97 Å². The largest absolute Gasteiger partial charge is 0.493 e. The summed E-state index contributed by atoms with van der Waals surface area (Å²) in [6, 6.07) is 3.38. The van der Waals surface area contributed by atoms with Gasteiger partial charge in [-0.3, -0.25) is 9.59 Å². The molecule has 0 fully saturated rings. The van der Waals surface area contributed by atoms with Gasteiger partial charge in [0, 0.05) is 6.54 Å². The van der Waals surface area contributed by atoms with Crippen molar-refractivity contribution in [2.45, 2.75) is 20.3 Å². The Morgan fingerprint density at radius 2 is 1.62 bits per heavy atom. The first-order valence-electron chi connectivity index (χ1n) is 7.60. The summed E-state index contributed by atoms with van der Waals surface area (Å²) < 4.78 is 15.8. The molecule has 1 amide bonds. The van der Waals surface area contributed by atoms with Crippen molar-refractivity contribution in [2.75, 3.05) is 34.4 Å². The average molecular weight is 339 g/mol. The highest BCUT2D eigenvalue weighted by atomic mass is 16.5. The van der Waals surface area contributed by atoms with Crippen molar-refractivity contribution in [1.29, 1.82) is 0 Å². The number of carbonyl (C=O) groups is 2. The fraction of sp³-hybridized carbons (Fsp3) is 0.529. The number of aliphatic carboxylic acids is 1. The maximum absolute atomic E-state index is 12.5. The molecule has 134 valence electrons. The van der Waals surface area contributed by atoms with Crippen molar-refractivity contribution in [2.24, 2.45) is 5.92 Å². The standard InChI is InChI=1S/C17H25NO6/c1-11(2)9-18(10-16(20)21)15(19)8-12-6-13(22-3)17(24-5)14(7-12)23-4/h6-7,11H,8-10H2,1-5H3,(H,20,21). The number of nitrogens with zero attached hydrogens (tertiary/aromatic N) is 1. The van der Waals surface area contributed by atoms with Crippen LogP contribution in [0, 0.1) is 5.92 Å². The molecule has 7 nitrogen and oxygen atoms in total. The predicted octanol–water partition coefficient (Wildman–Crippen LogP) is 1.82. The molecule has 0 aliphatic rings. The number of carbonyl (C=O) groups excluding carboxylic acids is 1. The van der Waals surface area contributed by atoms with Gasteiger partial charge in [-0.25, -0.2) is 0 Å². The van der Waals surface area contributed by atoms with Crippen LogP contribution in [0.4, 0.5) is 0 Å². The average Bonchev–Trinajstić information content (AvgIpc) is 2.52. The van der Waals surface area contributed by atoms with E-state index in [1.807, 2.05) is 13.8 Å². The molecule has 0 aromatic heterocycles. The highest BCUT2D eigenvalue weighted by molar-refractivity contribution is 5.83. The number of hydrogen-bond acceptors (Lipinski definition) is 5. The lowest BCUT2D eigenvalue weighted by Crippen LogP contribution is -2.39. The van der Waals surface area contributed by atoms with Gasteiger partial charge in [0.1, 0.15) is 6.54 Å². The lowest BCUT2D eigenvalue weighted by Gasteiger charge is -2.23. The molecule has 0 atom stereocenters. The Morgan fingerprint density at radius 1 is 1.08 bits per heavy atom. The third-order valence-corrected chi connectivity index (χ3v) is 3.34. The minimum absolute atomic E-state index is 0.0523. The highest BCUT2D eigenvalue weighted by Crippen LogP contribution is 2.38. The fourth-order valence-corrected chi connectivity index (χ4v) is 2.38. The van der Waals surface area contributed by atoms with E-state index in [0.717, 1.165) is 0 Å². The van der Waals surface area contributed by atoms with Crippen molar-refractivity contribution < 1.29 is 28.9 Å². The topological polar surface area (TPSA) is 85.3 Å². The summed E-state index contributed by atoms with van der Waals surface area (Å²) in [6.07, 6.45) is 0.0523. The molecular formula is C17H25NO6. The molecule has 0 heterocycles. The molecule has 1 N–H and O–H groups in total. The molecule has 1 aromatic rings. The summed E-state index contributed by atoms with van der Waals surface area (Å²) in [5, 5.41) is 8.99. The van der Waals surface area contributed by atoms with E-state index >= 15 is 0 Å². The summed E-state index contributed by atoms with van der Waals surface area (Å²) in [6.45, 7) is 3.93. The zero-order chi connectivity index (χ0) is 18.3. The molecule has 1 aromatic carbocycles. The highest BCUT2D eigenvalue weighted by Gasteiger charge is 2.20. The minimum Gasteiger partial charge on any atom is -0.493 e. The fourth-order valence-electron chi connectivity index (χ4n) is 2.38. The van der Waals surface area contributed by atoms with Crippen LogP contribution >= 0.6 is 0 Å². The van der Waals surface area contributed by atoms with Gasteiger partial charge in [0.2, 0.25) is 11.7 Å². The van der Waals surface area contributed by atoms with Crippen molar-refractivity contribution in [3.05, 3.63) is 17.7 Å². The van der Waals surface area contributed by atoms with Gasteiger partial charge in [-0.15, -0.1) is 0 Å². The summed E-state index contributed by atoms with van der Waals surface area (Å²) in [5.74, 6) is 0.227. The Bertz CT molecular complexity index is 559. The third-order valence-electron chi connectivity index (χ3n) is 3.34. The number of carboxylic acids is 1. The number of amides is 1. The SMILES string of the molecule is COc1cc(CC(=O)N(CC(=O)O)CC(C)C)cc(OC)c1OC. The van der Waals surface area contributed by atoms with Gasteiger partial charge in [0.25, 0.3) is 0 Å². The van der Waals surface area contributed by atoms with E-state index in [-0.39, 0.29) is 24.8 Å². The minimum atomic E-state index is -1.03. The van der Waals surface area contributed by atoms with Crippen LogP contribution in [0.1, 0.15) is 19.4 Å². The van der Waals surface area contributed by atoms with E-state index in [1.54, 1.807) is 12.1 Å². The summed E-state index contributed by atoms with van der Waals surface area (Å²) in [7, 11) is 4.50. The van der Waals surface area contributed by atoms with E-state index in [9.17, 15) is 9.59 Å². The van der Waals surface area contributed by atoms with Gasteiger partial charge < -0.3 is 24.2 Å². The van der Waals surface area contributed by atoms with Crippen LogP contribution < -0.4 is 14.2 Å². The number of benzene rings is 1. The second-order valence-corrected chi connectivity index (χ2v) is 5.77. The smallest absolute Gasteiger partial charge is 0.323 e. The van der Waals surface area contributed by atoms with Crippen molar-refractivity contribution in [3.8, 4) is 17.2 Å². The Labute approximate surface area is 142 Å². The van der Waals surface area contributed by atoms with Crippen LogP contribution in [0.15, 0.2) is 12.1 Å². The quantitative estimate of drug-likeness (QED) is 0.739. The summed E-state index contributed by atoms with van der Waals surface area (Å²) in [4.78, 5) is 24.8. The van der Waals surface area contributed by atoms with Crippen LogP contribution in [-0.2, 0) is 16.0 Å². The lowest BCUT2D eigenvalue weighted by atomic mass is 10.1. The molecule has 7 heteroatoms. The molecule has 24 heavy (non-hydrogen) atoms. The van der Waals surface area contributed by atoms with Crippen molar-refractivity contribution in [1.82, 2.24) is 4.90 Å². The Balaban J connectivity index is 3.04. The Kier molecular flexibility index (Phi) is 7.35. The van der Waals surface area contributed by atoms with Gasteiger partial charge in [-0.05, 0) is 23.6 Å². The second kappa shape index (κ2) is 9.00. The maximum Gasteiger partial charge on any atom is 0.323 e. The molecule has 0 aliphatic carbocycles.